The van der Waals surface area contributed by atoms with Crippen LogP contribution >= 0.6 is 11.8 Å². The van der Waals surface area contributed by atoms with E-state index in [4.69, 9.17) is 0 Å². The van der Waals surface area contributed by atoms with E-state index < -0.39 is 0 Å². The Morgan fingerprint density at radius 3 is 1.42 bits per heavy atom. The van der Waals surface area contributed by atoms with Gasteiger partial charge in [0, 0.05) is 0 Å². The molecule has 2 atom stereocenters. The number of hydrogen-bond donors (Lipinski definition) is 0. The molecule has 0 nitrogen and oxygen atoms in total. The number of rotatable bonds is 2. The second kappa shape index (κ2) is 3.88. The molecule has 1 heteroatoms. The molecule has 2 aliphatic rings. The Labute approximate surface area is 117 Å². The number of benzene rings is 2. The first kappa shape index (κ1) is 11.1. The molecule has 0 radical (unpaired) electrons. The number of allylic oxidation sites excluding steroid dienone is 2. The lowest BCUT2D eigenvalue weighted by atomic mass is 9.79. The summed E-state index contributed by atoms with van der Waals surface area (Å²) in [6.45, 7) is 0. The molecule has 1 saturated heterocycles. The van der Waals surface area contributed by atoms with E-state index in [1.807, 2.05) is 11.8 Å². The van der Waals surface area contributed by atoms with Crippen molar-refractivity contribution in [2.24, 2.45) is 0 Å². The van der Waals surface area contributed by atoms with Crippen LogP contribution in [0.1, 0.15) is 11.1 Å². The minimum atomic E-state index is 0.0877. The highest BCUT2D eigenvalue weighted by Crippen LogP contribution is 2.77. The summed E-state index contributed by atoms with van der Waals surface area (Å²) in [5.41, 5.74) is 2.79. The fourth-order valence-electron chi connectivity index (χ4n) is 3.04. The zero-order chi connectivity index (χ0) is 12.8. The second-order valence-electron chi connectivity index (χ2n) is 5.02. The molecule has 19 heavy (non-hydrogen) atoms. The first-order valence-corrected chi connectivity index (χ1v) is 7.37. The Morgan fingerprint density at radius 2 is 1.00 bits per heavy atom. The fraction of sp³-hybridized carbons (Fsp3) is 0.111. The average molecular weight is 262 g/mol. The molecule has 0 aromatic heterocycles. The molecule has 2 unspecified atom stereocenters. The van der Waals surface area contributed by atoms with E-state index in [0.29, 0.717) is 0 Å². The second-order valence-corrected chi connectivity index (χ2v) is 6.52. The van der Waals surface area contributed by atoms with Gasteiger partial charge < -0.3 is 0 Å². The Bertz CT molecular complexity index is 597. The molecule has 4 rings (SSSR count). The summed E-state index contributed by atoms with van der Waals surface area (Å²) < 4.78 is 0.175. The third-order valence-corrected chi connectivity index (χ3v) is 5.84. The molecule has 2 aromatic rings. The zero-order valence-electron chi connectivity index (χ0n) is 10.5. The van der Waals surface area contributed by atoms with Crippen LogP contribution in [0.4, 0.5) is 0 Å². The van der Waals surface area contributed by atoms with Crippen LogP contribution in [-0.2, 0) is 9.49 Å². The van der Waals surface area contributed by atoms with Gasteiger partial charge in [-0.2, -0.15) is 0 Å². The molecule has 0 saturated carbocycles. The summed E-state index contributed by atoms with van der Waals surface area (Å²) in [4.78, 5) is 0. The van der Waals surface area contributed by atoms with Crippen LogP contribution in [0.2, 0.25) is 0 Å². The van der Waals surface area contributed by atoms with Gasteiger partial charge in [0.1, 0.15) is 0 Å². The molecular formula is C18H14S. The normalized spacial score (nSPS) is 30.9. The van der Waals surface area contributed by atoms with E-state index in [1.54, 1.807) is 0 Å². The maximum atomic E-state index is 2.35. The zero-order valence-corrected chi connectivity index (χ0v) is 11.3. The maximum absolute atomic E-state index is 2.35. The molecule has 1 aliphatic heterocycles. The van der Waals surface area contributed by atoms with Crippen molar-refractivity contribution >= 4 is 11.8 Å². The first-order valence-electron chi connectivity index (χ1n) is 6.56. The van der Waals surface area contributed by atoms with Crippen LogP contribution in [0.3, 0.4) is 0 Å². The van der Waals surface area contributed by atoms with E-state index in [-0.39, 0.29) is 9.49 Å². The predicted octanol–water partition coefficient (Wildman–Crippen LogP) is 4.65. The third kappa shape index (κ3) is 1.42. The van der Waals surface area contributed by atoms with Crippen LogP contribution in [0.25, 0.3) is 0 Å². The van der Waals surface area contributed by atoms with Gasteiger partial charge in [-0.05, 0) is 11.1 Å². The Kier molecular flexibility index (Phi) is 2.27. The largest absolute Gasteiger partial charge is 0.126 e. The van der Waals surface area contributed by atoms with Gasteiger partial charge in [-0.3, -0.25) is 0 Å². The molecule has 1 fully saturated rings. The lowest BCUT2D eigenvalue weighted by Gasteiger charge is -2.21. The standard InChI is InChI=1S/C18H14S/c1-3-9-15(10-4-1)17-13-7-8-14-18(17,19-17)16-11-5-2-6-12-16/h1-14H. The molecule has 1 heterocycles. The van der Waals surface area contributed by atoms with Crippen LogP contribution < -0.4 is 0 Å². The monoisotopic (exact) mass is 262 g/mol. The fourth-order valence-corrected chi connectivity index (χ4v) is 4.67. The number of hydrogen-bond acceptors (Lipinski definition) is 1. The van der Waals surface area contributed by atoms with Gasteiger partial charge in [0.15, 0.2) is 0 Å². The summed E-state index contributed by atoms with van der Waals surface area (Å²) in [5, 5.41) is 0. The lowest BCUT2D eigenvalue weighted by molar-refractivity contribution is 0.726. The van der Waals surface area contributed by atoms with Crippen LogP contribution in [0.15, 0.2) is 85.0 Å². The van der Waals surface area contributed by atoms with Crippen LogP contribution in [0, 0.1) is 0 Å². The lowest BCUT2D eigenvalue weighted by Crippen LogP contribution is -2.20. The van der Waals surface area contributed by atoms with Gasteiger partial charge in [0.2, 0.25) is 0 Å². The van der Waals surface area contributed by atoms with Crippen molar-refractivity contribution in [1.29, 1.82) is 0 Å². The molecule has 1 aliphatic carbocycles. The Balaban J connectivity index is 1.87. The Morgan fingerprint density at radius 1 is 0.579 bits per heavy atom. The minimum absolute atomic E-state index is 0.0877. The van der Waals surface area contributed by atoms with Crippen molar-refractivity contribution in [3.8, 4) is 0 Å². The quantitative estimate of drug-likeness (QED) is 0.710. The molecule has 0 amide bonds. The topological polar surface area (TPSA) is 0 Å². The Hall–Kier alpha value is -1.73. The summed E-state index contributed by atoms with van der Waals surface area (Å²) in [6.07, 6.45) is 9.04. The van der Waals surface area contributed by atoms with Gasteiger partial charge in [-0.15, -0.1) is 11.8 Å². The van der Waals surface area contributed by atoms with E-state index in [1.165, 1.54) is 11.1 Å². The summed E-state index contributed by atoms with van der Waals surface area (Å²) in [5.74, 6) is 0. The van der Waals surface area contributed by atoms with Crippen molar-refractivity contribution in [1.82, 2.24) is 0 Å². The van der Waals surface area contributed by atoms with Gasteiger partial charge in [-0.1, -0.05) is 85.0 Å². The van der Waals surface area contributed by atoms with E-state index >= 15 is 0 Å². The molecule has 0 spiro atoms. The molecular weight excluding hydrogens is 248 g/mol. The molecule has 2 aromatic carbocycles. The summed E-state index contributed by atoms with van der Waals surface area (Å²) in [7, 11) is 0. The maximum Gasteiger partial charge on any atom is 0.0827 e. The highest BCUT2D eigenvalue weighted by molar-refractivity contribution is 8.09. The van der Waals surface area contributed by atoms with Gasteiger partial charge in [0.25, 0.3) is 0 Å². The molecule has 92 valence electrons. The van der Waals surface area contributed by atoms with Crippen molar-refractivity contribution in [2.45, 2.75) is 9.49 Å². The highest BCUT2D eigenvalue weighted by atomic mass is 32.2. The van der Waals surface area contributed by atoms with Crippen molar-refractivity contribution in [3.05, 3.63) is 96.1 Å². The number of fused-ring (bicyclic) bond motifs is 1. The van der Waals surface area contributed by atoms with E-state index in [0.717, 1.165) is 0 Å². The SMILES string of the molecule is C1=CC2(c3ccccc3)SC2(c2ccccc2)C=C1. The number of thioether (sulfide) groups is 1. The smallest absolute Gasteiger partial charge is 0.0827 e. The highest BCUT2D eigenvalue weighted by Gasteiger charge is 2.68. The molecule has 0 bridgehead atoms. The van der Waals surface area contributed by atoms with E-state index in [9.17, 15) is 0 Å². The predicted molar refractivity (Wildman–Crippen MR) is 82.1 cm³/mol. The molecule has 0 N–H and O–H groups in total. The van der Waals surface area contributed by atoms with Crippen LogP contribution in [-0.4, -0.2) is 0 Å². The van der Waals surface area contributed by atoms with Gasteiger partial charge in [-0.25, -0.2) is 0 Å². The van der Waals surface area contributed by atoms with Gasteiger partial charge >= 0.3 is 0 Å². The van der Waals surface area contributed by atoms with Crippen LogP contribution in [0.5, 0.6) is 0 Å². The van der Waals surface area contributed by atoms with Gasteiger partial charge in [0.05, 0.1) is 9.49 Å². The summed E-state index contributed by atoms with van der Waals surface area (Å²) in [6, 6.07) is 21.6. The van der Waals surface area contributed by atoms with E-state index in [2.05, 4.69) is 85.0 Å². The third-order valence-electron chi connectivity index (χ3n) is 4.01. The summed E-state index contributed by atoms with van der Waals surface area (Å²) >= 11 is 2.03. The van der Waals surface area contributed by atoms with Crippen molar-refractivity contribution < 1.29 is 0 Å². The minimum Gasteiger partial charge on any atom is -0.126 e. The average Bonchev–Trinajstić information content (AvgIpc) is 3.21. The van der Waals surface area contributed by atoms with Crippen molar-refractivity contribution in [3.63, 3.8) is 0 Å². The van der Waals surface area contributed by atoms with Crippen molar-refractivity contribution in [2.75, 3.05) is 0 Å². The first-order chi connectivity index (χ1) is 9.37.